The fourth-order valence-corrected chi connectivity index (χ4v) is 5.32. The standard InChI is InChI=1S/C21H27N7O2/c1-13-7-8-14(12-16(13)27-17(29)15-6-5-11-26(15)20(27)30)28-19(23)24-18(22)25-21(28)9-3-2-4-10-21/h7-8,12,15H,2-6,9-11H2,1H3,(H4,22,23,24,25). The molecule has 5 rings (SSSR count). The molecule has 0 aromatic heterocycles. The van der Waals surface area contributed by atoms with Crippen molar-refractivity contribution >= 4 is 35.2 Å². The molecular weight excluding hydrogens is 382 g/mol. The molecule has 9 nitrogen and oxygen atoms in total. The summed E-state index contributed by atoms with van der Waals surface area (Å²) in [5.41, 5.74) is 14.0. The number of rotatable bonds is 2. The summed E-state index contributed by atoms with van der Waals surface area (Å²) < 4.78 is 0. The van der Waals surface area contributed by atoms with Crippen molar-refractivity contribution in [3.05, 3.63) is 23.8 Å². The molecule has 1 aliphatic carbocycles. The number of nitrogens with two attached hydrogens (primary N) is 2. The van der Waals surface area contributed by atoms with Crippen LogP contribution >= 0.6 is 0 Å². The first kappa shape index (κ1) is 18.9. The number of urea groups is 1. The predicted octanol–water partition coefficient (Wildman–Crippen LogP) is 2.04. The van der Waals surface area contributed by atoms with Crippen LogP contribution in [0, 0.1) is 6.92 Å². The number of imide groups is 1. The Balaban J connectivity index is 1.57. The Kier molecular flexibility index (Phi) is 4.23. The van der Waals surface area contributed by atoms with Crippen LogP contribution in [0.1, 0.15) is 50.5 Å². The van der Waals surface area contributed by atoms with Crippen molar-refractivity contribution in [1.82, 2.24) is 4.90 Å². The Labute approximate surface area is 175 Å². The third-order valence-electron chi connectivity index (χ3n) is 6.74. The number of aliphatic imine (C=N–C) groups is 2. The summed E-state index contributed by atoms with van der Waals surface area (Å²) >= 11 is 0. The minimum Gasteiger partial charge on any atom is -0.369 e. The molecule has 1 aromatic rings. The van der Waals surface area contributed by atoms with Crippen LogP contribution in [0.15, 0.2) is 28.2 Å². The van der Waals surface area contributed by atoms with Gasteiger partial charge in [-0.05, 0) is 63.1 Å². The Bertz CT molecular complexity index is 958. The molecule has 3 amide bonds. The summed E-state index contributed by atoms with van der Waals surface area (Å²) in [5, 5.41) is 0. The van der Waals surface area contributed by atoms with E-state index >= 15 is 0 Å². The van der Waals surface area contributed by atoms with Crippen LogP contribution in [0.25, 0.3) is 0 Å². The van der Waals surface area contributed by atoms with E-state index in [0.29, 0.717) is 18.2 Å². The summed E-state index contributed by atoms with van der Waals surface area (Å²) in [6.45, 7) is 2.54. The van der Waals surface area contributed by atoms with E-state index < -0.39 is 5.66 Å². The molecule has 3 fully saturated rings. The normalized spacial score (nSPS) is 25.6. The quantitative estimate of drug-likeness (QED) is 0.724. The van der Waals surface area contributed by atoms with E-state index in [4.69, 9.17) is 16.5 Å². The molecule has 0 bridgehead atoms. The second-order valence-corrected chi connectivity index (χ2v) is 8.60. The third kappa shape index (κ3) is 2.68. The van der Waals surface area contributed by atoms with Gasteiger partial charge in [0.25, 0.3) is 5.91 Å². The first-order valence-electron chi connectivity index (χ1n) is 10.7. The van der Waals surface area contributed by atoms with E-state index in [2.05, 4.69) is 4.99 Å². The van der Waals surface area contributed by atoms with Crippen LogP contribution in [-0.4, -0.2) is 47.0 Å². The molecule has 1 atom stereocenters. The predicted molar refractivity (Wildman–Crippen MR) is 115 cm³/mol. The lowest BCUT2D eigenvalue weighted by Gasteiger charge is -2.45. The monoisotopic (exact) mass is 409 g/mol. The van der Waals surface area contributed by atoms with E-state index in [0.717, 1.165) is 56.2 Å². The SMILES string of the molecule is Cc1ccc(N2C(N)=NC(N)=NC23CCCCC3)cc1N1C(=O)C2CCCN2C1=O. The molecule has 1 saturated carbocycles. The van der Waals surface area contributed by atoms with Crippen molar-refractivity contribution < 1.29 is 9.59 Å². The third-order valence-corrected chi connectivity index (χ3v) is 6.74. The van der Waals surface area contributed by atoms with Crippen molar-refractivity contribution in [2.75, 3.05) is 16.3 Å². The van der Waals surface area contributed by atoms with Gasteiger partial charge in [0.15, 0.2) is 0 Å². The molecule has 1 aromatic carbocycles. The van der Waals surface area contributed by atoms with E-state index in [1.807, 2.05) is 30.0 Å². The average Bonchev–Trinajstić information content (AvgIpc) is 3.27. The number of fused-ring (bicyclic) bond motifs is 1. The van der Waals surface area contributed by atoms with Crippen LogP contribution in [0.3, 0.4) is 0 Å². The molecule has 4 N–H and O–H groups in total. The van der Waals surface area contributed by atoms with E-state index in [1.165, 1.54) is 4.90 Å². The second kappa shape index (κ2) is 6.72. The summed E-state index contributed by atoms with van der Waals surface area (Å²) in [5.74, 6) is 0.343. The molecule has 30 heavy (non-hydrogen) atoms. The van der Waals surface area contributed by atoms with E-state index in [9.17, 15) is 9.59 Å². The van der Waals surface area contributed by atoms with Crippen LogP contribution in [0.5, 0.6) is 0 Å². The maximum absolute atomic E-state index is 13.0. The van der Waals surface area contributed by atoms with Gasteiger partial charge < -0.3 is 16.4 Å². The van der Waals surface area contributed by atoms with Crippen molar-refractivity contribution in [2.45, 2.75) is 63.6 Å². The Hall–Kier alpha value is -3.10. The zero-order valence-corrected chi connectivity index (χ0v) is 17.2. The van der Waals surface area contributed by atoms with Gasteiger partial charge in [-0.3, -0.25) is 9.69 Å². The number of nitrogens with zero attached hydrogens (tertiary/aromatic N) is 5. The topological polar surface area (TPSA) is 121 Å². The number of carbonyl (C=O) groups excluding carboxylic acids is 2. The van der Waals surface area contributed by atoms with Gasteiger partial charge in [0.2, 0.25) is 11.9 Å². The molecular formula is C21H27N7O2. The maximum atomic E-state index is 13.0. The Morgan fingerprint density at radius 1 is 1.10 bits per heavy atom. The van der Waals surface area contributed by atoms with Crippen LogP contribution in [-0.2, 0) is 4.79 Å². The first-order chi connectivity index (χ1) is 14.4. The number of amides is 3. The number of benzene rings is 1. The Morgan fingerprint density at radius 2 is 1.87 bits per heavy atom. The number of anilines is 2. The summed E-state index contributed by atoms with van der Waals surface area (Å²) in [4.78, 5) is 39.8. The second-order valence-electron chi connectivity index (χ2n) is 8.60. The summed E-state index contributed by atoms with van der Waals surface area (Å²) in [6.07, 6.45) is 6.45. The molecule has 4 aliphatic rings. The van der Waals surface area contributed by atoms with Crippen LogP contribution in [0.2, 0.25) is 0 Å². The molecule has 1 unspecified atom stereocenters. The highest BCUT2D eigenvalue weighted by Crippen LogP contribution is 2.41. The van der Waals surface area contributed by atoms with Crippen molar-refractivity contribution in [2.24, 2.45) is 21.5 Å². The van der Waals surface area contributed by atoms with Crippen molar-refractivity contribution in [3.8, 4) is 0 Å². The number of guanidine groups is 2. The van der Waals surface area contributed by atoms with Gasteiger partial charge in [-0.1, -0.05) is 12.5 Å². The van der Waals surface area contributed by atoms with E-state index in [-0.39, 0.29) is 23.9 Å². The van der Waals surface area contributed by atoms with Crippen molar-refractivity contribution in [3.63, 3.8) is 0 Å². The molecule has 9 heteroatoms. The fourth-order valence-electron chi connectivity index (χ4n) is 5.32. The van der Waals surface area contributed by atoms with Crippen LogP contribution < -0.4 is 21.3 Å². The van der Waals surface area contributed by atoms with Gasteiger partial charge in [-0.2, -0.15) is 4.99 Å². The summed E-state index contributed by atoms with van der Waals surface area (Å²) in [7, 11) is 0. The minimum atomic E-state index is -0.570. The van der Waals surface area contributed by atoms with Gasteiger partial charge in [0, 0.05) is 12.2 Å². The lowest BCUT2D eigenvalue weighted by Crippen LogP contribution is -2.58. The smallest absolute Gasteiger partial charge is 0.332 e. The van der Waals surface area contributed by atoms with E-state index in [1.54, 1.807) is 4.90 Å². The molecule has 2 saturated heterocycles. The minimum absolute atomic E-state index is 0.146. The lowest BCUT2D eigenvalue weighted by atomic mass is 9.87. The average molecular weight is 409 g/mol. The lowest BCUT2D eigenvalue weighted by molar-refractivity contribution is -0.119. The number of hydrogen-bond donors (Lipinski definition) is 2. The highest BCUT2D eigenvalue weighted by Gasteiger charge is 2.49. The molecule has 3 heterocycles. The highest BCUT2D eigenvalue weighted by molar-refractivity contribution is 6.22. The van der Waals surface area contributed by atoms with Gasteiger partial charge in [-0.15, -0.1) is 0 Å². The van der Waals surface area contributed by atoms with Crippen molar-refractivity contribution in [1.29, 1.82) is 0 Å². The zero-order valence-electron chi connectivity index (χ0n) is 17.2. The molecule has 3 aliphatic heterocycles. The fraction of sp³-hybridized carbons (Fsp3) is 0.524. The number of carbonyl (C=O) groups is 2. The first-order valence-corrected chi connectivity index (χ1v) is 10.7. The molecule has 158 valence electrons. The molecule has 1 spiro atoms. The van der Waals surface area contributed by atoms with Gasteiger partial charge in [-0.25, -0.2) is 14.7 Å². The maximum Gasteiger partial charge on any atom is 0.332 e. The van der Waals surface area contributed by atoms with Gasteiger partial charge in [0.1, 0.15) is 11.7 Å². The highest BCUT2D eigenvalue weighted by atomic mass is 16.2. The molecule has 0 radical (unpaired) electrons. The largest absolute Gasteiger partial charge is 0.369 e. The van der Waals surface area contributed by atoms with Crippen LogP contribution in [0.4, 0.5) is 16.2 Å². The number of aryl methyl sites for hydroxylation is 1. The summed E-state index contributed by atoms with van der Waals surface area (Å²) in [6, 6.07) is 5.15. The van der Waals surface area contributed by atoms with Gasteiger partial charge in [0.05, 0.1) is 5.69 Å². The van der Waals surface area contributed by atoms with Gasteiger partial charge >= 0.3 is 6.03 Å². The Morgan fingerprint density at radius 3 is 2.60 bits per heavy atom. The zero-order chi connectivity index (χ0) is 21.0. The number of hydrogen-bond acceptors (Lipinski definition) is 7.